The first-order chi connectivity index (χ1) is 11.8. The molecule has 0 saturated heterocycles. The maximum absolute atomic E-state index is 12.9. The molecule has 0 spiro atoms. The van der Waals surface area contributed by atoms with E-state index in [1.165, 1.54) is 0 Å². The van der Waals surface area contributed by atoms with Crippen LogP contribution >= 0.6 is 0 Å². The lowest BCUT2D eigenvalue weighted by Crippen LogP contribution is -2.45. The minimum Gasteiger partial charge on any atom is -0.464 e. The second-order valence-electron chi connectivity index (χ2n) is 6.29. The molecule has 6 heteroatoms. The minimum atomic E-state index is -0.631. The van der Waals surface area contributed by atoms with Gasteiger partial charge >= 0.3 is 6.03 Å². The molecule has 1 aromatic carbocycles. The van der Waals surface area contributed by atoms with Crippen LogP contribution in [0.2, 0.25) is 0 Å². The summed E-state index contributed by atoms with van der Waals surface area (Å²) in [6, 6.07) is 8.40. The Hall–Kier alpha value is -3.02. The Morgan fingerprint density at radius 3 is 2.52 bits per heavy atom. The Morgan fingerprint density at radius 1 is 1.12 bits per heavy atom. The van der Waals surface area contributed by atoms with Gasteiger partial charge in [-0.2, -0.15) is 0 Å². The molecule has 3 amide bonds. The predicted octanol–water partition coefficient (Wildman–Crippen LogP) is 3.47. The number of hydrogen-bond acceptors (Lipinski definition) is 3. The van der Waals surface area contributed by atoms with Gasteiger partial charge in [0.15, 0.2) is 0 Å². The highest BCUT2D eigenvalue weighted by atomic mass is 16.3. The maximum atomic E-state index is 12.9. The number of benzene rings is 1. The number of furan rings is 1. The lowest BCUT2D eigenvalue weighted by Gasteiger charge is -2.27. The van der Waals surface area contributed by atoms with E-state index in [2.05, 4.69) is 16.0 Å². The lowest BCUT2D eigenvalue weighted by molar-refractivity contribution is -0.113. The molecule has 25 heavy (non-hydrogen) atoms. The average molecular weight is 339 g/mol. The number of allylic oxidation sites excluding steroid dienone is 1. The molecule has 0 unspecified atom stereocenters. The molecule has 1 aromatic heterocycles. The summed E-state index contributed by atoms with van der Waals surface area (Å²) in [7, 11) is 0. The quantitative estimate of drug-likeness (QED) is 0.800. The average Bonchev–Trinajstić information content (AvgIpc) is 2.95. The van der Waals surface area contributed by atoms with Crippen molar-refractivity contribution in [2.75, 3.05) is 5.32 Å². The first kappa shape index (κ1) is 16.8. The number of anilines is 1. The molecule has 0 aliphatic carbocycles. The van der Waals surface area contributed by atoms with Crippen molar-refractivity contribution in [1.82, 2.24) is 10.6 Å². The number of aryl methyl sites for hydroxylation is 3. The molecular formula is C19H21N3O3. The first-order valence-corrected chi connectivity index (χ1v) is 8.08. The van der Waals surface area contributed by atoms with Crippen molar-refractivity contribution < 1.29 is 14.0 Å². The normalized spacial score (nSPS) is 17.1. The van der Waals surface area contributed by atoms with Gasteiger partial charge in [-0.15, -0.1) is 0 Å². The number of nitrogens with one attached hydrogen (secondary N) is 3. The highest BCUT2D eigenvalue weighted by molar-refractivity contribution is 6.07. The zero-order chi connectivity index (χ0) is 18.1. The summed E-state index contributed by atoms with van der Waals surface area (Å²) < 4.78 is 5.63. The Bertz CT molecular complexity index is 880. The third-order valence-corrected chi connectivity index (χ3v) is 4.19. The largest absolute Gasteiger partial charge is 0.464 e. The number of carbonyl (C=O) groups is 2. The Kier molecular flexibility index (Phi) is 4.35. The first-order valence-electron chi connectivity index (χ1n) is 8.08. The van der Waals surface area contributed by atoms with E-state index in [0.717, 1.165) is 22.6 Å². The molecule has 1 atom stereocenters. The lowest BCUT2D eigenvalue weighted by atomic mass is 9.99. The topological polar surface area (TPSA) is 83.4 Å². The van der Waals surface area contributed by atoms with Gasteiger partial charge in [-0.25, -0.2) is 4.79 Å². The van der Waals surface area contributed by atoms with E-state index in [1.807, 2.05) is 39.0 Å². The van der Waals surface area contributed by atoms with Crippen molar-refractivity contribution in [2.24, 2.45) is 0 Å². The van der Waals surface area contributed by atoms with Crippen LogP contribution in [0.25, 0.3) is 0 Å². The molecule has 0 saturated carbocycles. The summed E-state index contributed by atoms with van der Waals surface area (Å²) in [5, 5.41) is 8.34. The molecule has 130 valence electrons. The van der Waals surface area contributed by atoms with E-state index in [-0.39, 0.29) is 11.9 Å². The number of amides is 3. The van der Waals surface area contributed by atoms with Crippen LogP contribution in [0.3, 0.4) is 0 Å². The molecule has 1 aliphatic rings. The van der Waals surface area contributed by atoms with E-state index in [4.69, 9.17) is 4.42 Å². The zero-order valence-electron chi connectivity index (χ0n) is 14.7. The molecular weight excluding hydrogens is 318 g/mol. The molecule has 0 radical (unpaired) electrons. The number of rotatable bonds is 3. The molecule has 3 rings (SSSR count). The molecule has 3 N–H and O–H groups in total. The van der Waals surface area contributed by atoms with Crippen molar-refractivity contribution in [3.63, 3.8) is 0 Å². The summed E-state index contributed by atoms with van der Waals surface area (Å²) in [4.78, 5) is 24.8. The van der Waals surface area contributed by atoms with Crippen LogP contribution in [-0.4, -0.2) is 11.9 Å². The van der Waals surface area contributed by atoms with Gasteiger partial charge in [-0.05, 0) is 51.5 Å². The number of carbonyl (C=O) groups excluding carboxylic acids is 2. The highest BCUT2D eigenvalue weighted by Gasteiger charge is 2.33. The standard InChI is InChI=1S/C19H21N3O3/c1-10-5-7-14(11(2)9-10)21-18(23)16-13(4)20-19(24)22-17(16)15-8-6-12(3)25-15/h5-9,17H,1-4H3,(H,21,23)(H2,20,22,24)/t17-/m0/s1. The Balaban J connectivity index is 1.94. The SMILES string of the molecule is CC1=C(C(=O)Nc2ccc(C)cc2C)[C@H](c2ccc(C)o2)NC(=O)N1. The van der Waals surface area contributed by atoms with Crippen LogP contribution in [0, 0.1) is 20.8 Å². The van der Waals surface area contributed by atoms with Gasteiger partial charge in [-0.1, -0.05) is 17.7 Å². The summed E-state index contributed by atoms with van der Waals surface area (Å²) in [6.45, 7) is 7.47. The highest BCUT2D eigenvalue weighted by Crippen LogP contribution is 2.29. The Labute approximate surface area is 146 Å². The van der Waals surface area contributed by atoms with Crippen molar-refractivity contribution in [3.8, 4) is 0 Å². The monoisotopic (exact) mass is 339 g/mol. The van der Waals surface area contributed by atoms with Gasteiger partial charge < -0.3 is 20.4 Å². The van der Waals surface area contributed by atoms with Gasteiger partial charge in [0.1, 0.15) is 17.6 Å². The predicted molar refractivity (Wildman–Crippen MR) is 95.1 cm³/mol. The van der Waals surface area contributed by atoms with Crippen molar-refractivity contribution in [2.45, 2.75) is 33.7 Å². The van der Waals surface area contributed by atoms with E-state index in [9.17, 15) is 9.59 Å². The molecule has 2 heterocycles. The molecule has 1 aliphatic heterocycles. The molecule has 6 nitrogen and oxygen atoms in total. The van der Waals surface area contributed by atoms with Gasteiger partial charge in [0.25, 0.3) is 5.91 Å². The van der Waals surface area contributed by atoms with Gasteiger partial charge in [-0.3, -0.25) is 4.79 Å². The van der Waals surface area contributed by atoms with E-state index >= 15 is 0 Å². The van der Waals surface area contributed by atoms with E-state index in [1.54, 1.807) is 19.1 Å². The summed E-state index contributed by atoms with van der Waals surface area (Å²) in [6.07, 6.45) is 0. The van der Waals surface area contributed by atoms with Crippen LogP contribution in [0.15, 0.2) is 46.0 Å². The van der Waals surface area contributed by atoms with Crippen LogP contribution < -0.4 is 16.0 Å². The van der Waals surface area contributed by atoms with Crippen molar-refractivity contribution >= 4 is 17.6 Å². The molecule has 0 fully saturated rings. The third kappa shape index (κ3) is 3.42. The van der Waals surface area contributed by atoms with Gasteiger partial charge in [0.05, 0.1) is 5.57 Å². The van der Waals surface area contributed by atoms with Gasteiger partial charge in [0.2, 0.25) is 0 Å². The fourth-order valence-corrected chi connectivity index (χ4v) is 2.96. The fraction of sp³-hybridized carbons (Fsp3) is 0.263. The van der Waals surface area contributed by atoms with Crippen LogP contribution in [0.1, 0.15) is 35.6 Å². The zero-order valence-corrected chi connectivity index (χ0v) is 14.7. The third-order valence-electron chi connectivity index (χ3n) is 4.19. The Morgan fingerprint density at radius 2 is 1.88 bits per heavy atom. The van der Waals surface area contributed by atoms with Crippen molar-refractivity contribution in [3.05, 3.63) is 64.2 Å². The molecule has 0 bridgehead atoms. The maximum Gasteiger partial charge on any atom is 0.319 e. The summed E-state index contributed by atoms with van der Waals surface area (Å²) >= 11 is 0. The smallest absolute Gasteiger partial charge is 0.319 e. The van der Waals surface area contributed by atoms with Crippen molar-refractivity contribution in [1.29, 1.82) is 0 Å². The van der Waals surface area contributed by atoms with Crippen LogP contribution in [0.4, 0.5) is 10.5 Å². The van der Waals surface area contributed by atoms with E-state index in [0.29, 0.717) is 17.0 Å². The van der Waals surface area contributed by atoms with Gasteiger partial charge in [0, 0.05) is 11.4 Å². The van der Waals surface area contributed by atoms with E-state index < -0.39 is 6.04 Å². The minimum absolute atomic E-state index is 0.281. The summed E-state index contributed by atoms with van der Waals surface area (Å²) in [5.41, 5.74) is 3.77. The second-order valence-corrected chi connectivity index (χ2v) is 6.29. The second kappa shape index (κ2) is 6.47. The number of hydrogen-bond donors (Lipinski definition) is 3. The number of urea groups is 1. The molecule has 2 aromatic rings. The summed E-state index contributed by atoms with van der Waals surface area (Å²) in [5.74, 6) is 0.961. The van der Waals surface area contributed by atoms with Crippen LogP contribution in [-0.2, 0) is 4.79 Å². The fourth-order valence-electron chi connectivity index (χ4n) is 2.96. The van der Waals surface area contributed by atoms with Crippen LogP contribution in [0.5, 0.6) is 0 Å².